The number of nitrogens with zero attached hydrogens (tertiary/aromatic N) is 3. The molecule has 5 heteroatoms. The molecular formula is C17H33N3O2. The van der Waals surface area contributed by atoms with Gasteiger partial charge >= 0.3 is 0 Å². The van der Waals surface area contributed by atoms with Crippen LogP contribution in [-0.4, -0.2) is 72.3 Å². The highest BCUT2D eigenvalue weighted by Crippen LogP contribution is 2.19. The Balaban J connectivity index is 0.00000116. The van der Waals surface area contributed by atoms with E-state index in [1.54, 1.807) is 6.92 Å². The highest BCUT2D eigenvalue weighted by Gasteiger charge is 2.25. The molecule has 2 rings (SSSR count). The summed E-state index contributed by atoms with van der Waals surface area (Å²) in [6.45, 7) is 14.3. The van der Waals surface area contributed by atoms with Gasteiger partial charge in [0.05, 0.1) is 0 Å². The largest absolute Gasteiger partial charge is 0.343 e. The normalized spacial score (nSPS) is 20.4. The first-order valence-corrected chi connectivity index (χ1v) is 8.85. The molecule has 0 atom stereocenters. The highest BCUT2D eigenvalue weighted by molar-refractivity contribution is 5.75. The lowest BCUT2D eigenvalue weighted by Crippen LogP contribution is -2.50. The average Bonchev–Trinajstić information content (AvgIpc) is 2.57. The summed E-state index contributed by atoms with van der Waals surface area (Å²) in [5.74, 6) is 1.19. The van der Waals surface area contributed by atoms with Gasteiger partial charge in [-0.05, 0) is 18.8 Å². The first kappa shape index (κ1) is 18.9. The predicted molar refractivity (Wildman–Crippen MR) is 89.6 cm³/mol. The molecule has 2 aliphatic heterocycles. The second kappa shape index (κ2) is 9.82. The molecule has 0 saturated carbocycles. The van der Waals surface area contributed by atoms with Crippen LogP contribution in [0.1, 0.15) is 47.0 Å². The molecule has 2 heterocycles. The summed E-state index contributed by atoms with van der Waals surface area (Å²) in [6, 6.07) is 0. The molecule has 0 bridgehead atoms. The van der Waals surface area contributed by atoms with Crippen LogP contribution in [-0.2, 0) is 9.59 Å². The summed E-state index contributed by atoms with van der Waals surface area (Å²) in [4.78, 5) is 29.3. The number of carbonyl (C=O) groups is 2. The fraction of sp³-hybridized carbons (Fsp3) is 0.882. The lowest BCUT2D eigenvalue weighted by Gasteiger charge is -2.38. The van der Waals surface area contributed by atoms with E-state index < -0.39 is 0 Å². The van der Waals surface area contributed by atoms with Crippen LogP contribution in [0, 0.1) is 5.92 Å². The third kappa shape index (κ3) is 5.59. The molecule has 0 aliphatic carbocycles. The van der Waals surface area contributed by atoms with Gasteiger partial charge in [0.2, 0.25) is 11.8 Å². The van der Waals surface area contributed by atoms with Crippen molar-refractivity contribution in [3.63, 3.8) is 0 Å². The zero-order valence-electron chi connectivity index (χ0n) is 14.8. The van der Waals surface area contributed by atoms with E-state index in [4.69, 9.17) is 0 Å². The van der Waals surface area contributed by atoms with Gasteiger partial charge in [-0.15, -0.1) is 0 Å². The molecule has 0 aromatic heterocycles. The van der Waals surface area contributed by atoms with Gasteiger partial charge in [-0.1, -0.05) is 20.8 Å². The SMILES string of the molecule is CC.CCC(=O)N1CCC(CN2CCN(C(C)=O)CC2)CC1. The van der Waals surface area contributed by atoms with Crippen molar-refractivity contribution in [1.29, 1.82) is 0 Å². The van der Waals surface area contributed by atoms with Crippen LogP contribution in [0.4, 0.5) is 0 Å². The van der Waals surface area contributed by atoms with Crippen molar-refractivity contribution in [2.75, 3.05) is 45.8 Å². The number of likely N-dealkylation sites (tertiary alicyclic amines) is 1. The van der Waals surface area contributed by atoms with Crippen molar-refractivity contribution in [3.8, 4) is 0 Å². The highest BCUT2D eigenvalue weighted by atomic mass is 16.2. The van der Waals surface area contributed by atoms with E-state index in [1.807, 2.05) is 30.6 Å². The third-order valence-corrected chi connectivity index (χ3v) is 4.60. The zero-order valence-corrected chi connectivity index (χ0v) is 14.8. The molecule has 0 N–H and O–H groups in total. The molecule has 0 aromatic rings. The molecule has 128 valence electrons. The number of hydrogen-bond acceptors (Lipinski definition) is 3. The lowest BCUT2D eigenvalue weighted by atomic mass is 9.95. The van der Waals surface area contributed by atoms with Gasteiger partial charge in [-0.25, -0.2) is 0 Å². The molecule has 2 aliphatic rings. The number of hydrogen-bond donors (Lipinski definition) is 0. The Morgan fingerprint density at radius 1 is 0.909 bits per heavy atom. The molecule has 0 unspecified atom stereocenters. The summed E-state index contributed by atoms with van der Waals surface area (Å²) in [7, 11) is 0. The van der Waals surface area contributed by atoms with Crippen molar-refractivity contribution < 1.29 is 9.59 Å². The van der Waals surface area contributed by atoms with E-state index in [0.717, 1.165) is 58.7 Å². The quantitative estimate of drug-likeness (QED) is 0.798. The maximum atomic E-state index is 11.6. The van der Waals surface area contributed by atoms with Crippen molar-refractivity contribution in [1.82, 2.24) is 14.7 Å². The van der Waals surface area contributed by atoms with E-state index in [1.165, 1.54) is 0 Å². The number of piperidine rings is 1. The molecular weight excluding hydrogens is 278 g/mol. The minimum atomic E-state index is 0.191. The van der Waals surface area contributed by atoms with Crippen LogP contribution in [0.5, 0.6) is 0 Å². The van der Waals surface area contributed by atoms with E-state index in [2.05, 4.69) is 4.90 Å². The maximum absolute atomic E-state index is 11.6. The van der Waals surface area contributed by atoms with Gasteiger partial charge in [0.25, 0.3) is 0 Å². The van der Waals surface area contributed by atoms with Crippen LogP contribution in [0.3, 0.4) is 0 Å². The van der Waals surface area contributed by atoms with Crippen LogP contribution < -0.4 is 0 Å². The van der Waals surface area contributed by atoms with Gasteiger partial charge in [0.1, 0.15) is 0 Å². The standard InChI is InChI=1S/C15H27N3O2.C2H6/c1-3-15(20)18-6-4-14(5-7-18)12-16-8-10-17(11-9-16)13(2)19;1-2/h14H,3-12H2,1-2H3;1-2H3. The minimum Gasteiger partial charge on any atom is -0.343 e. The fourth-order valence-electron chi connectivity index (χ4n) is 3.20. The molecule has 2 fully saturated rings. The fourth-order valence-corrected chi connectivity index (χ4v) is 3.20. The van der Waals surface area contributed by atoms with E-state index in [-0.39, 0.29) is 5.91 Å². The first-order valence-electron chi connectivity index (χ1n) is 8.85. The summed E-state index contributed by atoms with van der Waals surface area (Å²) in [5, 5.41) is 0. The molecule has 0 radical (unpaired) electrons. The summed E-state index contributed by atoms with van der Waals surface area (Å²) in [6.07, 6.45) is 2.87. The molecule has 2 amide bonds. The Morgan fingerprint density at radius 3 is 1.91 bits per heavy atom. The second-order valence-corrected chi connectivity index (χ2v) is 5.98. The van der Waals surface area contributed by atoms with Crippen LogP contribution >= 0.6 is 0 Å². The monoisotopic (exact) mass is 311 g/mol. The third-order valence-electron chi connectivity index (χ3n) is 4.60. The van der Waals surface area contributed by atoms with Gasteiger partial charge in [0.15, 0.2) is 0 Å². The Bertz CT molecular complexity index is 344. The number of rotatable bonds is 3. The van der Waals surface area contributed by atoms with Crippen LogP contribution in [0.25, 0.3) is 0 Å². The van der Waals surface area contributed by atoms with Crippen molar-refractivity contribution in [2.24, 2.45) is 5.92 Å². The molecule has 0 aromatic carbocycles. The Kier molecular flexibility index (Phi) is 8.46. The van der Waals surface area contributed by atoms with E-state index in [9.17, 15) is 9.59 Å². The van der Waals surface area contributed by atoms with E-state index >= 15 is 0 Å². The van der Waals surface area contributed by atoms with Crippen molar-refractivity contribution >= 4 is 11.8 Å². The molecule has 22 heavy (non-hydrogen) atoms. The smallest absolute Gasteiger partial charge is 0.222 e. The lowest BCUT2D eigenvalue weighted by molar-refractivity contribution is -0.132. The van der Waals surface area contributed by atoms with Crippen LogP contribution in [0.2, 0.25) is 0 Å². The summed E-state index contributed by atoms with van der Waals surface area (Å²) < 4.78 is 0. The average molecular weight is 311 g/mol. The van der Waals surface area contributed by atoms with Gasteiger partial charge in [-0.2, -0.15) is 0 Å². The minimum absolute atomic E-state index is 0.191. The van der Waals surface area contributed by atoms with E-state index in [0.29, 0.717) is 18.2 Å². The Labute approximate surface area is 135 Å². The molecule has 0 spiro atoms. The molecule has 5 nitrogen and oxygen atoms in total. The zero-order chi connectivity index (χ0) is 16.5. The van der Waals surface area contributed by atoms with Gasteiger partial charge in [-0.3, -0.25) is 14.5 Å². The Hall–Kier alpha value is -1.10. The van der Waals surface area contributed by atoms with Gasteiger partial charge in [0, 0.05) is 59.2 Å². The topological polar surface area (TPSA) is 43.9 Å². The second-order valence-electron chi connectivity index (χ2n) is 5.98. The first-order chi connectivity index (χ1) is 10.6. The van der Waals surface area contributed by atoms with Gasteiger partial charge < -0.3 is 9.80 Å². The summed E-state index contributed by atoms with van der Waals surface area (Å²) >= 11 is 0. The number of carbonyl (C=O) groups excluding carboxylic acids is 2. The van der Waals surface area contributed by atoms with Crippen LogP contribution in [0.15, 0.2) is 0 Å². The molecule has 2 saturated heterocycles. The van der Waals surface area contributed by atoms with Crippen molar-refractivity contribution in [3.05, 3.63) is 0 Å². The number of amides is 2. The van der Waals surface area contributed by atoms with Crippen molar-refractivity contribution in [2.45, 2.75) is 47.0 Å². The maximum Gasteiger partial charge on any atom is 0.222 e. The predicted octanol–water partition coefficient (Wildman–Crippen LogP) is 1.83. The number of piperazine rings is 1. The summed E-state index contributed by atoms with van der Waals surface area (Å²) in [5.41, 5.74) is 0. The Morgan fingerprint density at radius 2 is 1.45 bits per heavy atom.